The number of anilines is 1. The second-order valence-corrected chi connectivity index (χ2v) is 11.5. The first-order chi connectivity index (χ1) is 19.9. The van der Waals surface area contributed by atoms with Gasteiger partial charge < -0.3 is 25.6 Å². The lowest BCUT2D eigenvalue weighted by molar-refractivity contribution is -0.107. The van der Waals surface area contributed by atoms with Gasteiger partial charge in [-0.1, -0.05) is 103 Å². The van der Waals surface area contributed by atoms with Gasteiger partial charge in [-0.15, -0.1) is 0 Å². The number of amides is 3. The Bertz CT molecular complexity index is 847. The molecule has 0 bridgehead atoms. The van der Waals surface area contributed by atoms with Crippen LogP contribution >= 0.6 is 0 Å². The molecule has 0 atom stereocenters. The molecule has 41 heavy (non-hydrogen) atoms. The molecule has 234 valence electrons. The number of nitrogens with one attached hydrogen (secondary N) is 1. The third kappa shape index (κ3) is 18.4. The second-order valence-electron chi connectivity index (χ2n) is 11.5. The van der Waals surface area contributed by atoms with Crippen LogP contribution in [0.2, 0.25) is 0 Å². The maximum absolute atomic E-state index is 12.1. The molecule has 1 aromatic rings. The van der Waals surface area contributed by atoms with E-state index in [0.29, 0.717) is 29.9 Å². The van der Waals surface area contributed by atoms with Gasteiger partial charge in [-0.25, -0.2) is 4.79 Å². The van der Waals surface area contributed by atoms with Crippen molar-refractivity contribution >= 4 is 24.1 Å². The average molecular weight is 575 g/mol. The highest BCUT2D eigenvalue weighted by Gasteiger charge is 2.15. The monoisotopic (exact) mass is 574 g/mol. The largest absolute Gasteiger partial charge is 0.445 e. The summed E-state index contributed by atoms with van der Waals surface area (Å²) in [5, 5.41) is 2.73. The van der Waals surface area contributed by atoms with Crippen LogP contribution in [-0.2, 0) is 16.1 Å². The van der Waals surface area contributed by atoms with Gasteiger partial charge in [0.15, 0.2) is 0 Å². The highest BCUT2D eigenvalue weighted by molar-refractivity contribution is 5.94. The zero-order chi connectivity index (χ0) is 30.1. The van der Waals surface area contributed by atoms with Crippen molar-refractivity contribution in [1.82, 2.24) is 10.2 Å². The van der Waals surface area contributed by atoms with Crippen molar-refractivity contribution in [3.8, 4) is 0 Å². The van der Waals surface area contributed by atoms with Gasteiger partial charge in [0, 0.05) is 29.9 Å². The maximum atomic E-state index is 12.1. The Labute approximate surface area is 249 Å². The van der Waals surface area contributed by atoms with Gasteiger partial charge in [0.1, 0.15) is 6.61 Å². The summed E-state index contributed by atoms with van der Waals surface area (Å²) in [4.78, 5) is 39.5. The van der Waals surface area contributed by atoms with Crippen LogP contribution in [0, 0.1) is 0 Å². The third-order valence-corrected chi connectivity index (χ3v) is 7.46. The van der Waals surface area contributed by atoms with E-state index in [0.717, 1.165) is 38.6 Å². The van der Waals surface area contributed by atoms with E-state index in [-0.39, 0.29) is 6.61 Å². The number of hydrogen-bond acceptors (Lipinski definition) is 5. The van der Waals surface area contributed by atoms with Crippen LogP contribution in [0.4, 0.5) is 10.5 Å². The van der Waals surface area contributed by atoms with E-state index in [2.05, 4.69) is 12.2 Å². The van der Waals surface area contributed by atoms with E-state index in [1.807, 2.05) is 19.0 Å². The molecule has 1 aromatic carbocycles. The summed E-state index contributed by atoms with van der Waals surface area (Å²) in [6.45, 7) is 4.15. The average Bonchev–Trinajstić information content (AvgIpc) is 2.96. The van der Waals surface area contributed by atoms with Crippen LogP contribution < -0.4 is 16.0 Å². The first kappa shape index (κ1) is 36.4. The number of rotatable bonds is 26. The molecule has 0 saturated heterocycles. The molecule has 3 amide bonds. The lowest BCUT2D eigenvalue weighted by Gasteiger charge is -2.21. The number of primary amides is 1. The third-order valence-electron chi connectivity index (χ3n) is 7.46. The second kappa shape index (κ2) is 24.0. The van der Waals surface area contributed by atoms with E-state index in [1.165, 1.54) is 83.5 Å². The number of alkyl carbamates (subject to hydrolysis) is 1. The summed E-state index contributed by atoms with van der Waals surface area (Å²) >= 11 is 0. The number of unbranched alkanes of at least 4 members (excludes halogenated alkanes) is 15. The zero-order valence-electron chi connectivity index (χ0n) is 26.3. The van der Waals surface area contributed by atoms with Gasteiger partial charge in [0.25, 0.3) is 0 Å². The van der Waals surface area contributed by atoms with Crippen molar-refractivity contribution < 1.29 is 19.1 Å². The van der Waals surface area contributed by atoms with Crippen LogP contribution in [0.25, 0.3) is 0 Å². The smallest absolute Gasteiger partial charge is 0.407 e. The van der Waals surface area contributed by atoms with Gasteiger partial charge >= 0.3 is 6.09 Å². The lowest BCUT2D eigenvalue weighted by Crippen LogP contribution is -2.28. The highest BCUT2D eigenvalue weighted by Crippen LogP contribution is 2.23. The Balaban J connectivity index is 2.33. The van der Waals surface area contributed by atoms with Crippen LogP contribution in [0.1, 0.15) is 132 Å². The molecular formula is C33H58N4O4. The van der Waals surface area contributed by atoms with Crippen LogP contribution in [-0.4, -0.2) is 57.0 Å². The maximum Gasteiger partial charge on any atom is 0.407 e. The molecule has 8 nitrogen and oxygen atoms in total. The van der Waals surface area contributed by atoms with E-state index in [1.54, 1.807) is 23.1 Å². The summed E-state index contributed by atoms with van der Waals surface area (Å²) in [5.74, 6) is -0.568. The number of nitrogens with two attached hydrogens (primary N) is 1. The number of carbonyl (C=O) groups excluding carboxylic acids is 3. The van der Waals surface area contributed by atoms with Gasteiger partial charge in [0.2, 0.25) is 12.3 Å². The molecule has 0 heterocycles. The lowest BCUT2D eigenvalue weighted by atomic mass is 10.0. The first-order valence-corrected chi connectivity index (χ1v) is 16.1. The van der Waals surface area contributed by atoms with Crippen LogP contribution in [0.15, 0.2) is 18.2 Å². The summed E-state index contributed by atoms with van der Waals surface area (Å²) < 4.78 is 5.38. The molecular weight excluding hydrogens is 516 g/mol. The van der Waals surface area contributed by atoms with E-state index in [4.69, 9.17) is 10.5 Å². The summed E-state index contributed by atoms with van der Waals surface area (Å²) in [6.07, 6.45) is 21.8. The standard InChI is InChI=1S/C33H58N4O4/c1-4-5-6-7-8-9-10-11-12-13-14-15-16-17-18-19-25-37(28-38)31-22-21-29(32(34)39)26-30(31)27-41-33(40)35-23-20-24-36(2)3/h21-22,26,28H,4-20,23-25,27H2,1-3H3,(H2,34,39)(H,35,40). The quantitative estimate of drug-likeness (QED) is 0.0900. The Morgan fingerprint density at radius 2 is 1.34 bits per heavy atom. The van der Waals surface area contributed by atoms with Gasteiger partial charge in [-0.05, 0) is 51.7 Å². The molecule has 3 N–H and O–H groups in total. The topological polar surface area (TPSA) is 105 Å². The summed E-state index contributed by atoms with van der Waals surface area (Å²) in [7, 11) is 3.95. The Hall–Kier alpha value is -2.61. The minimum absolute atomic E-state index is 0.0563. The molecule has 0 aliphatic heterocycles. The summed E-state index contributed by atoms with van der Waals surface area (Å²) in [6, 6.07) is 4.91. The van der Waals surface area contributed by atoms with Gasteiger partial charge in [0.05, 0.1) is 0 Å². The van der Waals surface area contributed by atoms with Crippen molar-refractivity contribution in [1.29, 1.82) is 0 Å². The highest BCUT2D eigenvalue weighted by atomic mass is 16.5. The van der Waals surface area contributed by atoms with Crippen molar-refractivity contribution in [3.05, 3.63) is 29.3 Å². The number of carbonyl (C=O) groups is 3. The number of nitrogens with zero attached hydrogens (tertiary/aromatic N) is 2. The number of hydrogen-bond donors (Lipinski definition) is 2. The minimum Gasteiger partial charge on any atom is -0.445 e. The molecule has 0 unspecified atom stereocenters. The molecule has 0 aliphatic carbocycles. The fraction of sp³-hybridized carbons (Fsp3) is 0.727. The Morgan fingerprint density at radius 3 is 1.83 bits per heavy atom. The van der Waals surface area contributed by atoms with Gasteiger partial charge in [-0.3, -0.25) is 9.59 Å². The van der Waals surface area contributed by atoms with Crippen LogP contribution in [0.3, 0.4) is 0 Å². The molecule has 0 aromatic heterocycles. The number of ether oxygens (including phenoxy) is 1. The molecule has 8 heteroatoms. The van der Waals surface area contributed by atoms with Crippen molar-refractivity contribution in [3.63, 3.8) is 0 Å². The van der Waals surface area contributed by atoms with Crippen molar-refractivity contribution in [2.45, 2.75) is 123 Å². The predicted octanol–water partition coefficient (Wildman–Crippen LogP) is 7.19. The molecule has 0 fully saturated rings. The molecule has 0 spiro atoms. The normalized spacial score (nSPS) is 11.0. The molecule has 0 saturated carbocycles. The first-order valence-electron chi connectivity index (χ1n) is 16.1. The molecule has 1 rings (SSSR count). The molecule has 0 radical (unpaired) electrons. The Morgan fingerprint density at radius 1 is 0.805 bits per heavy atom. The van der Waals surface area contributed by atoms with Crippen molar-refractivity contribution in [2.24, 2.45) is 5.73 Å². The fourth-order valence-corrected chi connectivity index (χ4v) is 4.97. The van der Waals surface area contributed by atoms with E-state index < -0.39 is 12.0 Å². The predicted molar refractivity (Wildman–Crippen MR) is 169 cm³/mol. The van der Waals surface area contributed by atoms with Crippen LogP contribution in [0.5, 0.6) is 0 Å². The van der Waals surface area contributed by atoms with E-state index >= 15 is 0 Å². The summed E-state index contributed by atoms with van der Waals surface area (Å²) in [5.41, 5.74) is 6.98. The fourth-order valence-electron chi connectivity index (χ4n) is 4.97. The SMILES string of the molecule is CCCCCCCCCCCCCCCCCCN(C=O)c1ccc(C(N)=O)cc1COC(=O)NCCCN(C)C. The van der Waals surface area contributed by atoms with Gasteiger partial charge in [-0.2, -0.15) is 0 Å². The van der Waals surface area contributed by atoms with E-state index in [9.17, 15) is 14.4 Å². The zero-order valence-corrected chi connectivity index (χ0v) is 26.3. The van der Waals surface area contributed by atoms with Crippen molar-refractivity contribution in [2.75, 3.05) is 38.6 Å². The Kier molecular flexibility index (Phi) is 21.3. The number of benzene rings is 1. The molecule has 0 aliphatic rings. The minimum atomic E-state index is -0.568.